The molecule has 8 heteroatoms. The summed E-state index contributed by atoms with van der Waals surface area (Å²) in [5.41, 5.74) is 4.48. The van der Waals surface area contributed by atoms with Crippen molar-refractivity contribution in [3.8, 4) is 0 Å². The molecule has 34 heavy (non-hydrogen) atoms. The molecule has 0 saturated carbocycles. The van der Waals surface area contributed by atoms with Crippen LogP contribution < -0.4 is 5.56 Å². The summed E-state index contributed by atoms with van der Waals surface area (Å²) in [5.74, 6) is 0. The molecule has 0 N–H and O–H groups in total. The third kappa shape index (κ3) is 3.51. The molecule has 0 aliphatic heterocycles. The van der Waals surface area contributed by atoms with Gasteiger partial charge in [-0.25, -0.2) is 15.0 Å². The molecule has 0 atom stereocenters. The minimum atomic E-state index is -0.165. The molecule has 164 valence electrons. The average molecular weight is 445 g/mol. The number of nitrogens with zero attached hydrogens (tertiary/aromatic N) is 7. The van der Waals surface area contributed by atoms with Gasteiger partial charge in [-0.15, -0.1) is 0 Å². The SMILES string of the molecule is O=c1c2c3nc4ccccc4nc3n(N=Cc3ccccn3)c2ncn1CCc1ccccc1. The Morgan fingerprint density at radius 3 is 2.38 bits per heavy atom. The fourth-order valence-corrected chi connectivity index (χ4v) is 3.99. The van der Waals surface area contributed by atoms with Crippen LogP contribution in [0.1, 0.15) is 11.3 Å². The van der Waals surface area contributed by atoms with Crippen molar-refractivity contribution >= 4 is 39.4 Å². The van der Waals surface area contributed by atoms with Crippen LogP contribution in [0, 0.1) is 0 Å². The number of hydrogen-bond acceptors (Lipinski definition) is 6. The van der Waals surface area contributed by atoms with Gasteiger partial charge in [0.05, 0.1) is 29.3 Å². The van der Waals surface area contributed by atoms with E-state index >= 15 is 0 Å². The molecule has 8 nitrogen and oxygen atoms in total. The zero-order valence-electron chi connectivity index (χ0n) is 18.1. The number of benzene rings is 2. The van der Waals surface area contributed by atoms with Crippen molar-refractivity contribution in [2.75, 3.05) is 0 Å². The van der Waals surface area contributed by atoms with Gasteiger partial charge >= 0.3 is 0 Å². The molecular formula is C26H19N7O. The highest BCUT2D eigenvalue weighted by Gasteiger charge is 2.19. The summed E-state index contributed by atoms with van der Waals surface area (Å²) in [6, 6.07) is 23.2. The van der Waals surface area contributed by atoms with Crippen molar-refractivity contribution in [3.05, 3.63) is 107 Å². The van der Waals surface area contributed by atoms with E-state index in [-0.39, 0.29) is 5.56 Å². The highest BCUT2D eigenvalue weighted by atomic mass is 16.1. The van der Waals surface area contributed by atoms with Crippen LogP contribution in [0.2, 0.25) is 0 Å². The molecular weight excluding hydrogens is 426 g/mol. The first-order chi connectivity index (χ1) is 16.8. The number of para-hydroxylation sites is 2. The number of hydrogen-bond donors (Lipinski definition) is 0. The van der Waals surface area contributed by atoms with Gasteiger partial charge in [0.25, 0.3) is 5.56 Å². The predicted molar refractivity (Wildman–Crippen MR) is 132 cm³/mol. The molecule has 0 fully saturated rings. The monoisotopic (exact) mass is 445 g/mol. The van der Waals surface area contributed by atoms with Gasteiger partial charge in [0.2, 0.25) is 0 Å². The van der Waals surface area contributed by atoms with E-state index in [1.165, 1.54) is 0 Å². The van der Waals surface area contributed by atoms with Crippen LogP contribution in [0.4, 0.5) is 0 Å². The molecule has 4 aromatic heterocycles. The van der Waals surface area contributed by atoms with Gasteiger partial charge < -0.3 is 0 Å². The van der Waals surface area contributed by atoms with Crippen LogP contribution in [-0.2, 0) is 13.0 Å². The van der Waals surface area contributed by atoms with E-state index in [2.05, 4.69) is 15.1 Å². The molecule has 0 spiro atoms. The van der Waals surface area contributed by atoms with Crippen LogP contribution >= 0.6 is 0 Å². The van der Waals surface area contributed by atoms with Crippen LogP contribution in [0.5, 0.6) is 0 Å². The van der Waals surface area contributed by atoms with E-state index in [9.17, 15) is 4.79 Å². The summed E-state index contributed by atoms with van der Waals surface area (Å²) in [5, 5.41) is 4.98. The Hall–Kier alpha value is -4.72. The van der Waals surface area contributed by atoms with Crippen molar-refractivity contribution < 1.29 is 0 Å². The van der Waals surface area contributed by atoms with Crippen LogP contribution in [0.3, 0.4) is 0 Å². The zero-order valence-corrected chi connectivity index (χ0v) is 18.1. The van der Waals surface area contributed by atoms with Gasteiger partial charge in [-0.2, -0.15) is 9.78 Å². The van der Waals surface area contributed by atoms with Crippen molar-refractivity contribution in [2.24, 2.45) is 5.10 Å². The zero-order chi connectivity index (χ0) is 22.9. The second-order valence-corrected chi connectivity index (χ2v) is 7.87. The highest BCUT2D eigenvalue weighted by molar-refractivity contribution is 6.04. The van der Waals surface area contributed by atoms with E-state index in [0.29, 0.717) is 40.0 Å². The summed E-state index contributed by atoms with van der Waals surface area (Å²) in [6.07, 6.45) is 5.61. The summed E-state index contributed by atoms with van der Waals surface area (Å²) < 4.78 is 3.19. The Morgan fingerprint density at radius 1 is 0.824 bits per heavy atom. The lowest BCUT2D eigenvalue weighted by atomic mass is 10.1. The second kappa shape index (κ2) is 8.32. The van der Waals surface area contributed by atoms with Gasteiger partial charge in [0.15, 0.2) is 11.3 Å². The Bertz CT molecular complexity index is 1720. The van der Waals surface area contributed by atoms with Crippen LogP contribution in [-0.4, -0.2) is 35.4 Å². The first-order valence-corrected chi connectivity index (χ1v) is 10.9. The Kier molecular flexibility index (Phi) is 4.88. The van der Waals surface area contributed by atoms with E-state index in [1.54, 1.807) is 28.0 Å². The largest absolute Gasteiger partial charge is 0.298 e. The molecule has 0 saturated heterocycles. The van der Waals surface area contributed by atoms with Gasteiger partial charge in [-0.3, -0.25) is 14.3 Å². The first-order valence-electron chi connectivity index (χ1n) is 10.9. The standard InChI is InChI=1S/C26H19N7O/c34-26-22-23-25(31-21-12-5-4-11-20(21)30-23)33(29-16-19-10-6-7-14-27-19)24(22)28-17-32(26)15-13-18-8-2-1-3-9-18/h1-12,14,16-17H,13,15H2. The fourth-order valence-electron chi connectivity index (χ4n) is 3.99. The van der Waals surface area contributed by atoms with E-state index < -0.39 is 0 Å². The molecule has 6 rings (SSSR count). The van der Waals surface area contributed by atoms with Crippen molar-refractivity contribution in [3.63, 3.8) is 0 Å². The van der Waals surface area contributed by atoms with Gasteiger partial charge in [0.1, 0.15) is 10.9 Å². The molecule has 0 unspecified atom stereocenters. The summed E-state index contributed by atoms with van der Waals surface area (Å²) in [6.45, 7) is 0.511. The number of rotatable bonds is 5. The Labute approximate surface area is 193 Å². The summed E-state index contributed by atoms with van der Waals surface area (Å²) >= 11 is 0. The molecule has 0 bridgehead atoms. The maximum Gasteiger partial charge on any atom is 0.265 e. The third-order valence-corrected chi connectivity index (χ3v) is 5.69. The van der Waals surface area contributed by atoms with Gasteiger partial charge in [-0.05, 0) is 36.2 Å². The average Bonchev–Trinajstić information content (AvgIpc) is 3.20. The third-order valence-electron chi connectivity index (χ3n) is 5.69. The van der Waals surface area contributed by atoms with Crippen LogP contribution in [0.15, 0.2) is 95.2 Å². The van der Waals surface area contributed by atoms with Crippen molar-refractivity contribution in [1.29, 1.82) is 0 Å². The molecule has 0 radical (unpaired) electrons. The van der Waals surface area contributed by atoms with Gasteiger partial charge in [0, 0.05) is 12.7 Å². The number of fused-ring (bicyclic) bond motifs is 4. The maximum atomic E-state index is 13.6. The fraction of sp³-hybridized carbons (Fsp3) is 0.0769. The molecule has 0 aliphatic carbocycles. The lowest BCUT2D eigenvalue weighted by molar-refractivity contribution is 0.661. The topological polar surface area (TPSA) is 90.8 Å². The molecule has 0 amide bonds. The summed E-state index contributed by atoms with van der Waals surface area (Å²) in [7, 11) is 0. The first kappa shape index (κ1) is 19.9. The van der Waals surface area contributed by atoms with Crippen LogP contribution in [0.25, 0.3) is 33.2 Å². The minimum absolute atomic E-state index is 0.165. The van der Waals surface area contributed by atoms with E-state index in [0.717, 1.165) is 17.5 Å². The summed E-state index contributed by atoms with van der Waals surface area (Å²) in [4.78, 5) is 32.0. The van der Waals surface area contributed by atoms with E-state index in [1.807, 2.05) is 72.8 Å². The molecule has 2 aromatic carbocycles. The molecule has 4 heterocycles. The smallest absolute Gasteiger partial charge is 0.265 e. The number of pyridine rings is 1. The lowest BCUT2D eigenvalue weighted by Gasteiger charge is -2.05. The number of aromatic nitrogens is 6. The van der Waals surface area contributed by atoms with E-state index in [4.69, 9.17) is 9.97 Å². The lowest BCUT2D eigenvalue weighted by Crippen LogP contribution is -2.21. The Balaban J connectivity index is 1.55. The number of aryl methyl sites for hydroxylation is 2. The highest BCUT2D eigenvalue weighted by Crippen LogP contribution is 2.24. The normalized spacial score (nSPS) is 11.8. The Morgan fingerprint density at radius 2 is 1.59 bits per heavy atom. The predicted octanol–water partition coefficient (Wildman–Crippen LogP) is 3.81. The molecule has 6 aromatic rings. The molecule has 0 aliphatic rings. The van der Waals surface area contributed by atoms with Crippen molar-refractivity contribution in [2.45, 2.75) is 13.0 Å². The van der Waals surface area contributed by atoms with Gasteiger partial charge in [-0.1, -0.05) is 48.5 Å². The quantitative estimate of drug-likeness (QED) is 0.376. The second-order valence-electron chi connectivity index (χ2n) is 7.87. The van der Waals surface area contributed by atoms with Crippen molar-refractivity contribution in [1.82, 2.24) is 29.2 Å². The minimum Gasteiger partial charge on any atom is -0.298 e. The maximum absolute atomic E-state index is 13.6.